The number of anilines is 2. The van der Waals surface area contributed by atoms with Crippen LogP contribution < -0.4 is 9.80 Å². The third kappa shape index (κ3) is 4.57. The van der Waals surface area contributed by atoms with Crippen molar-refractivity contribution in [3.8, 4) is 0 Å². The largest absolute Gasteiger partial charge is 0.481 e. The molecule has 0 aliphatic carbocycles. The van der Waals surface area contributed by atoms with Gasteiger partial charge in [-0.15, -0.1) is 6.58 Å². The van der Waals surface area contributed by atoms with Gasteiger partial charge >= 0.3 is 5.97 Å². The summed E-state index contributed by atoms with van der Waals surface area (Å²) in [5.41, 5.74) is 0.919. The second kappa shape index (κ2) is 8.19. The van der Waals surface area contributed by atoms with Gasteiger partial charge in [-0.25, -0.2) is 4.98 Å². The Morgan fingerprint density at radius 1 is 1.35 bits per heavy atom. The van der Waals surface area contributed by atoms with E-state index in [4.69, 9.17) is 5.11 Å². The van der Waals surface area contributed by atoms with Gasteiger partial charge in [0.05, 0.1) is 18.3 Å². The third-order valence-electron chi connectivity index (χ3n) is 3.13. The first-order valence-electron chi connectivity index (χ1n) is 6.91. The van der Waals surface area contributed by atoms with Gasteiger partial charge in [0.1, 0.15) is 5.82 Å². The summed E-state index contributed by atoms with van der Waals surface area (Å²) in [5.74, 6) is 0.141. The molecule has 0 aromatic carbocycles. The molecule has 1 rings (SSSR count). The van der Waals surface area contributed by atoms with E-state index in [1.54, 1.807) is 12.3 Å². The van der Waals surface area contributed by atoms with Gasteiger partial charge in [0, 0.05) is 26.2 Å². The normalized spacial score (nSPS) is 10.1. The van der Waals surface area contributed by atoms with Crippen LogP contribution in [0.1, 0.15) is 20.3 Å². The topological polar surface area (TPSA) is 56.7 Å². The molecule has 0 saturated carbocycles. The molecule has 5 heteroatoms. The van der Waals surface area contributed by atoms with Crippen molar-refractivity contribution in [3.05, 3.63) is 31.0 Å². The van der Waals surface area contributed by atoms with Crippen molar-refractivity contribution in [2.75, 3.05) is 36.0 Å². The first-order chi connectivity index (χ1) is 9.62. The lowest BCUT2D eigenvalue weighted by atomic mass is 10.3. The van der Waals surface area contributed by atoms with Crippen LogP contribution in [0.3, 0.4) is 0 Å². The number of carboxylic acid groups (broad SMARTS) is 1. The molecule has 0 atom stereocenters. The lowest BCUT2D eigenvalue weighted by Gasteiger charge is -2.24. The van der Waals surface area contributed by atoms with Crippen LogP contribution in [0.2, 0.25) is 0 Å². The van der Waals surface area contributed by atoms with E-state index in [9.17, 15) is 4.79 Å². The van der Waals surface area contributed by atoms with Crippen molar-refractivity contribution in [1.29, 1.82) is 0 Å². The lowest BCUT2D eigenvalue weighted by molar-refractivity contribution is -0.136. The molecule has 0 aliphatic heterocycles. The van der Waals surface area contributed by atoms with E-state index >= 15 is 0 Å². The van der Waals surface area contributed by atoms with Crippen molar-refractivity contribution < 1.29 is 9.90 Å². The highest BCUT2D eigenvalue weighted by molar-refractivity contribution is 5.67. The summed E-state index contributed by atoms with van der Waals surface area (Å²) in [6, 6.07) is 3.95. The molecule has 1 aromatic heterocycles. The van der Waals surface area contributed by atoms with E-state index in [0.717, 1.165) is 24.6 Å². The number of hydrogen-bond acceptors (Lipinski definition) is 4. The molecule has 0 bridgehead atoms. The molecule has 0 fully saturated rings. The van der Waals surface area contributed by atoms with Crippen LogP contribution >= 0.6 is 0 Å². The fourth-order valence-corrected chi connectivity index (χ4v) is 2.01. The zero-order chi connectivity index (χ0) is 15.0. The Hall–Kier alpha value is -2.04. The highest BCUT2D eigenvalue weighted by Gasteiger charge is 2.09. The summed E-state index contributed by atoms with van der Waals surface area (Å²) in [6.07, 6.45) is 3.66. The second-order valence-electron chi connectivity index (χ2n) is 4.43. The minimum atomic E-state index is -0.799. The van der Waals surface area contributed by atoms with Crippen LogP contribution in [-0.2, 0) is 4.79 Å². The highest BCUT2D eigenvalue weighted by atomic mass is 16.4. The fraction of sp³-hybridized carbons (Fsp3) is 0.467. The van der Waals surface area contributed by atoms with E-state index in [2.05, 4.69) is 30.3 Å². The molecule has 5 nitrogen and oxygen atoms in total. The van der Waals surface area contributed by atoms with Gasteiger partial charge in [-0.3, -0.25) is 4.79 Å². The van der Waals surface area contributed by atoms with Gasteiger partial charge in [0.2, 0.25) is 0 Å². The van der Waals surface area contributed by atoms with Gasteiger partial charge < -0.3 is 14.9 Å². The molecule has 20 heavy (non-hydrogen) atoms. The maximum absolute atomic E-state index is 10.7. The third-order valence-corrected chi connectivity index (χ3v) is 3.13. The Balaban J connectivity index is 2.81. The SMILES string of the molecule is C=CCN(CCC(=O)O)c1ccc(N(CC)CC)nc1. The number of carbonyl (C=O) groups is 1. The van der Waals surface area contributed by atoms with E-state index in [0.29, 0.717) is 13.1 Å². The molecule has 0 unspecified atom stereocenters. The maximum atomic E-state index is 10.7. The first kappa shape index (κ1) is 16.0. The summed E-state index contributed by atoms with van der Waals surface area (Å²) in [6.45, 7) is 10.8. The predicted octanol–water partition coefficient (Wildman–Crippen LogP) is 2.39. The Morgan fingerprint density at radius 2 is 2.05 bits per heavy atom. The Labute approximate surface area is 120 Å². The zero-order valence-electron chi connectivity index (χ0n) is 12.2. The molecule has 0 spiro atoms. The minimum Gasteiger partial charge on any atom is -0.481 e. The average Bonchev–Trinajstić information content (AvgIpc) is 2.45. The summed E-state index contributed by atoms with van der Waals surface area (Å²) in [5, 5.41) is 8.78. The summed E-state index contributed by atoms with van der Waals surface area (Å²) < 4.78 is 0. The molecule has 0 amide bonds. The molecule has 1 heterocycles. The van der Waals surface area contributed by atoms with Crippen LogP contribution in [0, 0.1) is 0 Å². The molecular formula is C15H23N3O2. The fourth-order valence-electron chi connectivity index (χ4n) is 2.01. The van der Waals surface area contributed by atoms with Gasteiger partial charge in [-0.1, -0.05) is 6.08 Å². The summed E-state index contributed by atoms with van der Waals surface area (Å²) in [7, 11) is 0. The zero-order valence-corrected chi connectivity index (χ0v) is 12.2. The number of rotatable bonds is 9. The first-order valence-corrected chi connectivity index (χ1v) is 6.91. The molecular weight excluding hydrogens is 254 g/mol. The summed E-state index contributed by atoms with van der Waals surface area (Å²) in [4.78, 5) is 19.3. The Bertz CT molecular complexity index is 427. The van der Waals surface area contributed by atoms with Crippen molar-refractivity contribution >= 4 is 17.5 Å². The molecule has 110 valence electrons. The molecule has 1 aromatic rings. The number of aromatic nitrogens is 1. The van der Waals surface area contributed by atoms with E-state index < -0.39 is 5.97 Å². The predicted molar refractivity (Wildman–Crippen MR) is 82.5 cm³/mol. The molecule has 0 saturated heterocycles. The number of aliphatic carboxylic acids is 1. The van der Waals surface area contributed by atoms with Crippen LogP contribution in [0.4, 0.5) is 11.5 Å². The Kier molecular flexibility index (Phi) is 6.56. The van der Waals surface area contributed by atoms with Gasteiger partial charge in [-0.05, 0) is 26.0 Å². The quantitative estimate of drug-likeness (QED) is 0.702. The van der Waals surface area contributed by atoms with Crippen LogP contribution in [0.15, 0.2) is 31.0 Å². The second-order valence-corrected chi connectivity index (χ2v) is 4.43. The number of carboxylic acids is 1. The number of hydrogen-bond donors (Lipinski definition) is 1. The molecule has 1 N–H and O–H groups in total. The smallest absolute Gasteiger partial charge is 0.305 e. The van der Waals surface area contributed by atoms with E-state index in [-0.39, 0.29) is 6.42 Å². The van der Waals surface area contributed by atoms with Crippen LogP contribution in [0.5, 0.6) is 0 Å². The molecule has 0 radical (unpaired) electrons. The van der Waals surface area contributed by atoms with Crippen molar-refractivity contribution in [1.82, 2.24) is 4.98 Å². The van der Waals surface area contributed by atoms with Gasteiger partial charge in [0.25, 0.3) is 0 Å². The standard InChI is InChI=1S/C15H23N3O2/c1-4-10-18(11-9-15(19)20)13-7-8-14(16-12-13)17(5-2)6-3/h4,7-8,12H,1,5-6,9-11H2,2-3H3,(H,19,20). The molecule has 0 aliphatic rings. The van der Waals surface area contributed by atoms with Gasteiger partial charge in [-0.2, -0.15) is 0 Å². The summed E-state index contributed by atoms with van der Waals surface area (Å²) >= 11 is 0. The van der Waals surface area contributed by atoms with E-state index in [1.165, 1.54) is 0 Å². The highest BCUT2D eigenvalue weighted by Crippen LogP contribution is 2.18. The van der Waals surface area contributed by atoms with Crippen LogP contribution in [-0.4, -0.2) is 42.2 Å². The number of nitrogens with zero attached hydrogens (tertiary/aromatic N) is 3. The monoisotopic (exact) mass is 277 g/mol. The van der Waals surface area contributed by atoms with Crippen molar-refractivity contribution in [2.24, 2.45) is 0 Å². The maximum Gasteiger partial charge on any atom is 0.305 e. The Morgan fingerprint density at radius 3 is 2.50 bits per heavy atom. The minimum absolute atomic E-state index is 0.103. The average molecular weight is 277 g/mol. The van der Waals surface area contributed by atoms with Crippen molar-refractivity contribution in [2.45, 2.75) is 20.3 Å². The van der Waals surface area contributed by atoms with Crippen molar-refractivity contribution in [3.63, 3.8) is 0 Å². The van der Waals surface area contributed by atoms with Gasteiger partial charge in [0.15, 0.2) is 0 Å². The number of pyridine rings is 1. The lowest BCUT2D eigenvalue weighted by Crippen LogP contribution is -2.27. The van der Waals surface area contributed by atoms with Crippen LogP contribution in [0.25, 0.3) is 0 Å². The van der Waals surface area contributed by atoms with E-state index in [1.807, 2.05) is 17.0 Å².